The van der Waals surface area contributed by atoms with Gasteiger partial charge in [0, 0.05) is 25.8 Å². The van der Waals surface area contributed by atoms with E-state index in [2.05, 4.69) is 0 Å². The van der Waals surface area contributed by atoms with Crippen LogP contribution in [0.25, 0.3) is 0 Å². The molecule has 0 saturated carbocycles. The standard InChI is InChI=1S/C9H13NO.ClH/c1-10(2)8-5-4-6-9(7-8)11-3;/h4-7H,1-3H3;1H. The van der Waals surface area contributed by atoms with E-state index in [1.54, 1.807) is 7.11 Å². The van der Waals surface area contributed by atoms with E-state index < -0.39 is 0 Å². The molecule has 1 aromatic rings. The number of anilines is 1. The van der Waals surface area contributed by atoms with E-state index in [1.165, 1.54) is 0 Å². The summed E-state index contributed by atoms with van der Waals surface area (Å²) in [6.45, 7) is 0. The van der Waals surface area contributed by atoms with Gasteiger partial charge in [-0.3, -0.25) is 0 Å². The molecule has 0 bridgehead atoms. The molecular weight excluding hydrogens is 174 g/mol. The molecule has 0 unspecified atom stereocenters. The third kappa shape index (κ3) is 2.62. The van der Waals surface area contributed by atoms with Crippen molar-refractivity contribution in [2.24, 2.45) is 0 Å². The number of halogens is 1. The minimum atomic E-state index is 0. The summed E-state index contributed by atoms with van der Waals surface area (Å²) in [5.74, 6) is 0.899. The van der Waals surface area contributed by atoms with Crippen LogP contribution in [-0.4, -0.2) is 21.2 Å². The van der Waals surface area contributed by atoms with E-state index in [1.807, 2.05) is 43.3 Å². The molecule has 0 radical (unpaired) electrons. The SMILES string of the molecule is COc1cccc(N(C)C)c1.Cl. The van der Waals surface area contributed by atoms with E-state index in [0.717, 1.165) is 11.4 Å². The number of hydrogen-bond donors (Lipinski definition) is 0. The van der Waals surface area contributed by atoms with Gasteiger partial charge in [-0.25, -0.2) is 0 Å². The number of rotatable bonds is 2. The smallest absolute Gasteiger partial charge is 0.120 e. The maximum absolute atomic E-state index is 5.08. The zero-order chi connectivity index (χ0) is 8.27. The topological polar surface area (TPSA) is 12.5 Å². The van der Waals surface area contributed by atoms with Gasteiger partial charge in [-0.1, -0.05) is 6.07 Å². The van der Waals surface area contributed by atoms with Crippen LogP contribution < -0.4 is 9.64 Å². The molecule has 68 valence electrons. The summed E-state index contributed by atoms with van der Waals surface area (Å²) in [5.41, 5.74) is 1.16. The summed E-state index contributed by atoms with van der Waals surface area (Å²) in [6.07, 6.45) is 0. The van der Waals surface area contributed by atoms with Crippen molar-refractivity contribution in [2.45, 2.75) is 0 Å². The summed E-state index contributed by atoms with van der Waals surface area (Å²) < 4.78 is 5.08. The van der Waals surface area contributed by atoms with E-state index >= 15 is 0 Å². The fourth-order valence-electron chi connectivity index (χ4n) is 0.889. The van der Waals surface area contributed by atoms with Crippen LogP contribution in [0.1, 0.15) is 0 Å². The van der Waals surface area contributed by atoms with Gasteiger partial charge in [-0.15, -0.1) is 12.4 Å². The van der Waals surface area contributed by atoms with Crippen LogP contribution in [0.2, 0.25) is 0 Å². The van der Waals surface area contributed by atoms with Crippen LogP contribution in [0, 0.1) is 0 Å². The molecule has 12 heavy (non-hydrogen) atoms. The van der Waals surface area contributed by atoms with Crippen LogP contribution in [-0.2, 0) is 0 Å². The summed E-state index contributed by atoms with van der Waals surface area (Å²) in [6, 6.07) is 7.96. The maximum Gasteiger partial charge on any atom is 0.120 e. The van der Waals surface area contributed by atoms with Crippen molar-refractivity contribution in [2.75, 3.05) is 26.1 Å². The monoisotopic (exact) mass is 187 g/mol. The first-order chi connectivity index (χ1) is 5.24. The maximum atomic E-state index is 5.08. The second-order valence-electron chi connectivity index (χ2n) is 2.60. The lowest BCUT2D eigenvalue weighted by molar-refractivity contribution is 0.415. The van der Waals surface area contributed by atoms with Crippen LogP contribution in [0.15, 0.2) is 24.3 Å². The fraction of sp³-hybridized carbons (Fsp3) is 0.333. The first kappa shape index (κ1) is 11.1. The molecule has 0 aliphatic rings. The summed E-state index contributed by atoms with van der Waals surface area (Å²) in [5, 5.41) is 0. The minimum absolute atomic E-state index is 0. The predicted molar refractivity (Wildman–Crippen MR) is 54.6 cm³/mol. The lowest BCUT2D eigenvalue weighted by atomic mass is 10.3. The zero-order valence-corrected chi connectivity index (χ0v) is 8.39. The molecular formula is C9H14ClNO. The van der Waals surface area contributed by atoms with Gasteiger partial charge in [0.05, 0.1) is 7.11 Å². The number of nitrogens with zero attached hydrogens (tertiary/aromatic N) is 1. The van der Waals surface area contributed by atoms with Gasteiger partial charge < -0.3 is 9.64 Å². The van der Waals surface area contributed by atoms with E-state index in [-0.39, 0.29) is 12.4 Å². The molecule has 0 atom stereocenters. The minimum Gasteiger partial charge on any atom is -0.497 e. The second-order valence-corrected chi connectivity index (χ2v) is 2.60. The Labute approximate surface area is 79.6 Å². The highest BCUT2D eigenvalue weighted by molar-refractivity contribution is 5.85. The third-order valence-electron chi connectivity index (χ3n) is 1.57. The number of benzene rings is 1. The molecule has 3 heteroatoms. The van der Waals surface area contributed by atoms with Gasteiger partial charge in [-0.05, 0) is 12.1 Å². The van der Waals surface area contributed by atoms with Gasteiger partial charge in [-0.2, -0.15) is 0 Å². The van der Waals surface area contributed by atoms with E-state index in [4.69, 9.17) is 4.74 Å². The molecule has 0 amide bonds. The molecule has 2 nitrogen and oxygen atoms in total. The summed E-state index contributed by atoms with van der Waals surface area (Å²) in [4.78, 5) is 2.04. The number of hydrogen-bond acceptors (Lipinski definition) is 2. The molecule has 1 rings (SSSR count). The molecule has 0 aromatic heterocycles. The van der Waals surface area contributed by atoms with Gasteiger partial charge in [0.15, 0.2) is 0 Å². The van der Waals surface area contributed by atoms with E-state index in [0.29, 0.717) is 0 Å². The molecule has 0 spiro atoms. The van der Waals surface area contributed by atoms with Crippen molar-refractivity contribution in [1.29, 1.82) is 0 Å². The summed E-state index contributed by atoms with van der Waals surface area (Å²) >= 11 is 0. The fourth-order valence-corrected chi connectivity index (χ4v) is 0.889. The van der Waals surface area contributed by atoms with Gasteiger partial charge in [0.2, 0.25) is 0 Å². The molecule has 0 N–H and O–H groups in total. The van der Waals surface area contributed by atoms with Crippen molar-refractivity contribution in [1.82, 2.24) is 0 Å². The molecule has 1 aromatic carbocycles. The van der Waals surface area contributed by atoms with E-state index in [9.17, 15) is 0 Å². The Balaban J connectivity index is 0.00000121. The highest BCUT2D eigenvalue weighted by Gasteiger charge is 1.95. The lowest BCUT2D eigenvalue weighted by Crippen LogP contribution is -2.08. The molecule has 0 saturated heterocycles. The average molecular weight is 188 g/mol. The largest absolute Gasteiger partial charge is 0.497 e. The Morgan fingerprint density at radius 3 is 2.42 bits per heavy atom. The number of ether oxygens (including phenoxy) is 1. The lowest BCUT2D eigenvalue weighted by Gasteiger charge is -2.12. The Morgan fingerprint density at radius 2 is 1.92 bits per heavy atom. The molecule has 0 aliphatic heterocycles. The van der Waals surface area contributed by atoms with Crippen molar-refractivity contribution < 1.29 is 4.74 Å². The first-order valence-electron chi connectivity index (χ1n) is 3.55. The molecule has 0 fully saturated rings. The normalized spacial score (nSPS) is 8.58. The quantitative estimate of drug-likeness (QED) is 0.704. The van der Waals surface area contributed by atoms with Crippen LogP contribution in [0.4, 0.5) is 5.69 Å². The van der Waals surface area contributed by atoms with Crippen LogP contribution in [0.5, 0.6) is 5.75 Å². The van der Waals surface area contributed by atoms with Crippen molar-refractivity contribution >= 4 is 18.1 Å². The average Bonchev–Trinajstić information content (AvgIpc) is 2.05. The third-order valence-corrected chi connectivity index (χ3v) is 1.57. The van der Waals surface area contributed by atoms with Crippen molar-refractivity contribution in [3.63, 3.8) is 0 Å². The Kier molecular flexibility index (Phi) is 4.52. The van der Waals surface area contributed by atoms with Crippen molar-refractivity contribution in [3.05, 3.63) is 24.3 Å². The Morgan fingerprint density at radius 1 is 1.25 bits per heavy atom. The number of methoxy groups -OCH3 is 1. The van der Waals surface area contributed by atoms with Gasteiger partial charge in [0.25, 0.3) is 0 Å². The predicted octanol–water partition coefficient (Wildman–Crippen LogP) is 2.18. The highest BCUT2D eigenvalue weighted by Crippen LogP contribution is 2.18. The van der Waals surface area contributed by atoms with Gasteiger partial charge >= 0.3 is 0 Å². The molecule has 0 heterocycles. The highest BCUT2D eigenvalue weighted by atomic mass is 35.5. The zero-order valence-electron chi connectivity index (χ0n) is 7.57. The molecule has 0 aliphatic carbocycles. The Bertz CT molecular complexity index is 238. The van der Waals surface area contributed by atoms with Gasteiger partial charge in [0.1, 0.15) is 5.75 Å². The second kappa shape index (κ2) is 4.88. The van der Waals surface area contributed by atoms with Crippen LogP contribution >= 0.6 is 12.4 Å². The van der Waals surface area contributed by atoms with Crippen LogP contribution in [0.3, 0.4) is 0 Å². The first-order valence-corrected chi connectivity index (χ1v) is 3.55. The van der Waals surface area contributed by atoms with Crippen molar-refractivity contribution in [3.8, 4) is 5.75 Å². The Hall–Kier alpha value is -0.890. The summed E-state index contributed by atoms with van der Waals surface area (Å²) in [7, 11) is 5.69.